The Balaban J connectivity index is 2.34. The van der Waals surface area contributed by atoms with Gasteiger partial charge in [-0.3, -0.25) is 0 Å². The van der Waals surface area contributed by atoms with E-state index in [4.69, 9.17) is 9.47 Å². The summed E-state index contributed by atoms with van der Waals surface area (Å²) in [5.74, 6) is -2.88. The highest BCUT2D eigenvalue weighted by Gasteiger charge is 2.31. The molecule has 30 heavy (non-hydrogen) atoms. The second-order valence-electron chi connectivity index (χ2n) is 5.88. The Kier molecular flexibility index (Phi) is 5.74. The van der Waals surface area contributed by atoms with E-state index in [9.17, 15) is 22.0 Å². The van der Waals surface area contributed by atoms with Crippen molar-refractivity contribution in [1.82, 2.24) is 8.96 Å². The van der Waals surface area contributed by atoms with Gasteiger partial charge in [-0.05, 0) is 18.2 Å². The van der Waals surface area contributed by atoms with E-state index in [0.29, 0.717) is 10.0 Å². The molecule has 0 amide bonds. The molecule has 0 aliphatic rings. The number of nitrogens with zero attached hydrogens (tertiary/aromatic N) is 2. The van der Waals surface area contributed by atoms with Gasteiger partial charge in [-0.25, -0.2) is 30.9 Å². The normalized spacial score (nSPS) is 11.2. The second-order valence-corrected chi connectivity index (χ2v) is 7.69. The number of rotatable bonds is 6. The maximum Gasteiger partial charge on any atom is 0.343 e. The fourth-order valence-electron chi connectivity index (χ4n) is 2.80. The van der Waals surface area contributed by atoms with Crippen molar-refractivity contribution in [3.63, 3.8) is 0 Å². The van der Waals surface area contributed by atoms with Crippen LogP contribution in [0.25, 0.3) is 11.3 Å². The monoisotopic (exact) mass is 438 g/mol. The van der Waals surface area contributed by atoms with Crippen LogP contribution in [0.1, 0.15) is 10.4 Å². The number of carbonyl (C=O) groups is 1. The molecule has 0 saturated carbocycles. The Morgan fingerprint density at radius 3 is 2.33 bits per heavy atom. The Morgan fingerprint density at radius 1 is 1.07 bits per heavy atom. The minimum absolute atomic E-state index is 0.180. The fraction of sp³-hybridized carbons (Fsp3) is 0.158. The number of benzene rings is 1. The lowest BCUT2D eigenvalue weighted by atomic mass is 10.1. The van der Waals surface area contributed by atoms with Crippen LogP contribution >= 0.6 is 0 Å². The molecule has 0 bridgehead atoms. The molecule has 1 aromatic carbocycles. The Hall–Kier alpha value is -3.47. The number of aromatic nitrogens is 2. The summed E-state index contributed by atoms with van der Waals surface area (Å²) < 4.78 is 70.0. The zero-order valence-electron chi connectivity index (χ0n) is 16.0. The van der Waals surface area contributed by atoms with Gasteiger partial charge in [0, 0.05) is 23.9 Å². The third-order valence-corrected chi connectivity index (χ3v) is 5.84. The predicted molar refractivity (Wildman–Crippen MR) is 101 cm³/mol. The average molecular weight is 438 g/mol. The number of pyridine rings is 1. The van der Waals surface area contributed by atoms with Crippen LogP contribution in [-0.4, -0.2) is 44.7 Å². The van der Waals surface area contributed by atoms with Crippen molar-refractivity contribution >= 4 is 16.0 Å². The van der Waals surface area contributed by atoms with Crippen molar-refractivity contribution in [2.75, 3.05) is 21.3 Å². The highest BCUT2D eigenvalue weighted by molar-refractivity contribution is 7.90. The molecule has 3 rings (SSSR count). The molecule has 0 fully saturated rings. The smallest absolute Gasteiger partial charge is 0.343 e. The first-order valence-corrected chi connectivity index (χ1v) is 9.77. The summed E-state index contributed by atoms with van der Waals surface area (Å²) in [5, 5.41) is 0. The van der Waals surface area contributed by atoms with E-state index in [-0.39, 0.29) is 33.3 Å². The molecule has 0 aliphatic carbocycles. The van der Waals surface area contributed by atoms with Crippen LogP contribution in [0.2, 0.25) is 0 Å². The van der Waals surface area contributed by atoms with E-state index in [1.807, 2.05) is 0 Å². The van der Waals surface area contributed by atoms with Crippen LogP contribution < -0.4 is 9.47 Å². The van der Waals surface area contributed by atoms with E-state index in [1.165, 1.54) is 26.4 Å². The molecule has 2 aromatic heterocycles. The van der Waals surface area contributed by atoms with Crippen LogP contribution in [0.4, 0.5) is 8.78 Å². The molecule has 0 saturated heterocycles. The van der Waals surface area contributed by atoms with Gasteiger partial charge in [0.15, 0.2) is 5.75 Å². The quantitative estimate of drug-likeness (QED) is 0.546. The minimum Gasteiger partial charge on any atom is -0.494 e. The van der Waals surface area contributed by atoms with Gasteiger partial charge in [0.25, 0.3) is 10.0 Å². The number of halogens is 2. The topological polar surface area (TPSA) is 96.7 Å². The molecule has 11 heteroatoms. The van der Waals surface area contributed by atoms with Crippen LogP contribution in [-0.2, 0) is 14.8 Å². The Bertz CT molecular complexity index is 1210. The van der Waals surface area contributed by atoms with Crippen molar-refractivity contribution in [1.29, 1.82) is 0 Å². The number of hydrogen-bond donors (Lipinski definition) is 0. The third-order valence-electron chi connectivity index (χ3n) is 4.20. The van der Waals surface area contributed by atoms with Gasteiger partial charge in [-0.1, -0.05) is 0 Å². The molecular weight excluding hydrogens is 422 g/mol. The number of methoxy groups -OCH3 is 3. The summed E-state index contributed by atoms with van der Waals surface area (Å²) in [6.45, 7) is 0. The third kappa shape index (κ3) is 3.59. The van der Waals surface area contributed by atoms with Crippen LogP contribution in [0, 0.1) is 11.6 Å². The van der Waals surface area contributed by atoms with Gasteiger partial charge in [-0.15, -0.1) is 0 Å². The van der Waals surface area contributed by atoms with Gasteiger partial charge in [0.2, 0.25) is 5.88 Å². The lowest BCUT2D eigenvalue weighted by molar-refractivity contribution is 0.0597. The molecule has 0 spiro atoms. The first-order chi connectivity index (χ1) is 14.2. The van der Waals surface area contributed by atoms with Crippen LogP contribution in [0.3, 0.4) is 0 Å². The van der Waals surface area contributed by atoms with Crippen molar-refractivity contribution in [3.05, 3.63) is 59.9 Å². The SMILES string of the molecule is COC(=O)c1cn(S(=O)(=O)c2ccc(OC)nc2)c(-c2ccc(F)cc2F)c1OC. The Labute approximate surface area is 170 Å². The van der Waals surface area contributed by atoms with Crippen LogP contribution in [0.15, 0.2) is 47.6 Å². The largest absolute Gasteiger partial charge is 0.494 e. The number of ether oxygens (including phenoxy) is 3. The highest BCUT2D eigenvalue weighted by Crippen LogP contribution is 2.39. The summed E-state index contributed by atoms with van der Waals surface area (Å²) in [6, 6.07) is 5.14. The molecule has 158 valence electrons. The molecule has 2 heterocycles. The number of carbonyl (C=O) groups excluding carboxylic acids is 1. The van der Waals surface area contributed by atoms with E-state index >= 15 is 0 Å². The van der Waals surface area contributed by atoms with Gasteiger partial charge in [-0.2, -0.15) is 0 Å². The molecule has 0 unspecified atom stereocenters. The number of esters is 1. The average Bonchev–Trinajstić information content (AvgIpc) is 3.13. The van der Waals surface area contributed by atoms with Gasteiger partial charge >= 0.3 is 5.97 Å². The molecule has 3 aromatic rings. The van der Waals surface area contributed by atoms with Crippen molar-refractivity contribution < 1.29 is 36.2 Å². The van der Waals surface area contributed by atoms with E-state index in [2.05, 4.69) is 9.72 Å². The van der Waals surface area contributed by atoms with E-state index in [1.54, 1.807) is 0 Å². The highest BCUT2D eigenvalue weighted by atomic mass is 32.2. The molecule has 0 atom stereocenters. The summed E-state index contributed by atoms with van der Waals surface area (Å²) >= 11 is 0. The van der Waals surface area contributed by atoms with E-state index in [0.717, 1.165) is 31.6 Å². The predicted octanol–water partition coefficient (Wildman–Crippen LogP) is 2.87. The summed E-state index contributed by atoms with van der Waals surface area (Å²) in [4.78, 5) is 15.8. The van der Waals surface area contributed by atoms with E-state index < -0.39 is 27.6 Å². The maximum atomic E-state index is 14.6. The molecule has 0 aliphatic heterocycles. The zero-order chi connectivity index (χ0) is 22.1. The lowest BCUT2D eigenvalue weighted by Crippen LogP contribution is -2.14. The maximum absolute atomic E-state index is 14.6. The second kappa shape index (κ2) is 8.11. The van der Waals surface area contributed by atoms with Gasteiger partial charge < -0.3 is 14.2 Å². The standard InChI is InChI=1S/C19H16F2N2O6S/c1-27-16-7-5-12(9-22-16)30(25,26)23-10-14(19(24)29-3)18(28-2)17(23)13-6-4-11(20)8-15(13)21/h4-10H,1-3H3. The molecular formula is C19H16F2N2O6S. The fourth-order valence-corrected chi connectivity index (χ4v) is 4.11. The molecule has 0 radical (unpaired) electrons. The summed E-state index contributed by atoms with van der Waals surface area (Å²) in [5.41, 5.74) is -0.872. The Morgan fingerprint density at radius 2 is 1.80 bits per heavy atom. The molecule has 0 N–H and O–H groups in total. The molecule has 8 nitrogen and oxygen atoms in total. The first kappa shape index (κ1) is 21.2. The van der Waals surface area contributed by atoms with Crippen molar-refractivity contribution in [2.24, 2.45) is 0 Å². The minimum atomic E-state index is -4.37. The van der Waals surface area contributed by atoms with Crippen molar-refractivity contribution in [3.8, 4) is 22.9 Å². The lowest BCUT2D eigenvalue weighted by Gasteiger charge is -2.13. The zero-order valence-corrected chi connectivity index (χ0v) is 16.9. The number of hydrogen-bond acceptors (Lipinski definition) is 7. The van der Waals surface area contributed by atoms with Gasteiger partial charge in [0.05, 0.1) is 27.5 Å². The van der Waals surface area contributed by atoms with Crippen LogP contribution in [0.5, 0.6) is 11.6 Å². The first-order valence-electron chi connectivity index (χ1n) is 8.33. The van der Waals surface area contributed by atoms with Gasteiger partial charge in [0.1, 0.15) is 27.8 Å². The summed E-state index contributed by atoms with van der Waals surface area (Å²) in [6.07, 6.45) is 1.99. The van der Waals surface area contributed by atoms with Crippen molar-refractivity contribution in [2.45, 2.75) is 4.90 Å². The summed E-state index contributed by atoms with van der Waals surface area (Å²) in [7, 11) is -0.731.